The Balaban J connectivity index is 1.68. The molecule has 2 aromatic heterocycles. The molecule has 0 unspecified atom stereocenters. The van der Waals surface area contributed by atoms with Gasteiger partial charge in [0.25, 0.3) is 11.9 Å². The average Bonchev–Trinajstić information content (AvgIpc) is 3.24. The van der Waals surface area contributed by atoms with Crippen LogP contribution in [0.4, 0.5) is 6.01 Å². The number of anilines is 1. The fraction of sp³-hybridized carbons (Fsp3) is 0.529. The standard InChI is InChI=1S/C17H22ClN5O5/c1-4-9-13(18)22-14(19-9)15(24)20-10-5-6-23(7-11(10)27-3)17-21-12(16(25)26)8(2)28-17/h10-11H,4-7H2,1-3H3,(H,19,22)(H,20,24)(H,25,26)/t10-,11+/m0/s1. The first-order valence-corrected chi connectivity index (χ1v) is 9.25. The number of amides is 1. The summed E-state index contributed by atoms with van der Waals surface area (Å²) in [5, 5.41) is 12.3. The van der Waals surface area contributed by atoms with Crippen molar-refractivity contribution < 1.29 is 23.8 Å². The molecule has 1 aliphatic heterocycles. The molecule has 10 nitrogen and oxygen atoms in total. The fourth-order valence-electron chi connectivity index (χ4n) is 3.18. The van der Waals surface area contributed by atoms with Crippen LogP contribution in [-0.4, -0.2) is 64.3 Å². The molecule has 0 bridgehead atoms. The lowest BCUT2D eigenvalue weighted by Gasteiger charge is -2.37. The molecule has 152 valence electrons. The summed E-state index contributed by atoms with van der Waals surface area (Å²) < 4.78 is 11.0. The minimum absolute atomic E-state index is 0.110. The van der Waals surface area contributed by atoms with E-state index in [1.54, 1.807) is 18.9 Å². The second kappa shape index (κ2) is 8.19. The molecular formula is C17H22ClN5O5. The third kappa shape index (κ3) is 3.97. The first-order chi connectivity index (χ1) is 13.3. The summed E-state index contributed by atoms with van der Waals surface area (Å²) in [6, 6.07) is -0.0233. The maximum atomic E-state index is 12.5. The number of piperidine rings is 1. The Morgan fingerprint density at radius 3 is 2.79 bits per heavy atom. The molecule has 0 radical (unpaired) electrons. The summed E-state index contributed by atoms with van der Waals surface area (Å²) in [6.45, 7) is 4.38. The zero-order valence-corrected chi connectivity index (χ0v) is 16.5. The lowest BCUT2D eigenvalue weighted by atomic mass is 10.0. The summed E-state index contributed by atoms with van der Waals surface area (Å²) in [5.74, 6) is -1.09. The maximum Gasteiger partial charge on any atom is 0.358 e. The van der Waals surface area contributed by atoms with Gasteiger partial charge in [-0.15, -0.1) is 0 Å². The highest BCUT2D eigenvalue weighted by Gasteiger charge is 2.33. The smallest absolute Gasteiger partial charge is 0.358 e. The van der Waals surface area contributed by atoms with E-state index in [0.717, 1.165) is 0 Å². The maximum absolute atomic E-state index is 12.5. The molecule has 0 saturated carbocycles. The van der Waals surface area contributed by atoms with Gasteiger partial charge in [0.05, 0.1) is 24.4 Å². The molecule has 0 aromatic carbocycles. The molecule has 1 amide bonds. The quantitative estimate of drug-likeness (QED) is 0.653. The van der Waals surface area contributed by atoms with E-state index >= 15 is 0 Å². The van der Waals surface area contributed by atoms with Crippen LogP contribution >= 0.6 is 11.6 Å². The summed E-state index contributed by atoms with van der Waals surface area (Å²) in [6.07, 6.45) is 0.865. The molecule has 1 fully saturated rings. The number of carboxylic acids is 1. The van der Waals surface area contributed by atoms with Gasteiger partial charge in [-0.2, -0.15) is 4.98 Å². The van der Waals surface area contributed by atoms with Crippen molar-refractivity contribution >= 4 is 29.5 Å². The van der Waals surface area contributed by atoms with Crippen LogP contribution in [0, 0.1) is 6.92 Å². The number of aryl methyl sites for hydroxylation is 2. The molecule has 2 aromatic rings. The van der Waals surface area contributed by atoms with Gasteiger partial charge >= 0.3 is 5.97 Å². The third-order valence-corrected chi connectivity index (χ3v) is 5.05. The molecule has 0 spiro atoms. The third-order valence-electron chi connectivity index (χ3n) is 4.73. The highest BCUT2D eigenvalue weighted by molar-refractivity contribution is 6.30. The largest absolute Gasteiger partial charge is 0.476 e. The van der Waals surface area contributed by atoms with Crippen molar-refractivity contribution in [1.29, 1.82) is 0 Å². The molecule has 28 heavy (non-hydrogen) atoms. The monoisotopic (exact) mass is 411 g/mol. The van der Waals surface area contributed by atoms with Gasteiger partial charge < -0.3 is 29.5 Å². The molecule has 1 saturated heterocycles. The van der Waals surface area contributed by atoms with Crippen LogP contribution in [0.5, 0.6) is 0 Å². The second-order valence-corrected chi connectivity index (χ2v) is 6.86. The number of halogens is 1. The number of carboxylic acid groups (broad SMARTS) is 1. The number of carbonyl (C=O) groups excluding carboxylic acids is 1. The highest BCUT2D eigenvalue weighted by Crippen LogP contribution is 2.24. The van der Waals surface area contributed by atoms with E-state index in [2.05, 4.69) is 20.3 Å². The summed E-state index contributed by atoms with van der Waals surface area (Å²) >= 11 is 6.00. The Bertz CT molecular complexity index is 879. The van der Waals surface area contributed by atoms with Gasteiger partial charge in [-0.25, -0.2) is 9.78 Å². The molecule has 3 N–H and O–H groups in total. The Morgan fingerprint density at radius 1 is 1.46 bits per heavy atom. The Kier molecular flexibility index (Phi) is 5.90. The number of rotatable bonds is 6. The van der Waals surface area contributed by atoms with E-state index < -0.39 is 5.97 Å². The van der Waals surface area contributed by atoms with Crippen molar-refractivity contribution in [2.45, 2.75) is 38.8 Å². The number of aromatic carboxylic acids is 1. The second-order valence-electron chi connectivity index (χ2n) is 6.50. The van der Waals surface area contributed by atoms with Gasteiger partial charge in [0.1, 0.15) is 5.76 Å². The van der Waals surface area contributed by atoms with E-state index in [9.17, 15) is 9.59 Å². The van der Waals surface area contributed by atoms with Crippen LogP contribution in [-0.2, 0) is 11.2 Å². The number of imidazole rings is 1. The number of hydrogen-bond donors (Lipinski definition) is 3. The minimum atomic E-state index is -1.14. The molecule has 11 heteroatoms. The van der Waals surface area contributed by atoms with E-state index in [4.69, 9.17) is 25.9 Å². The zero-order chi connectivity index (χ0) is 20.4. The van der Waals surface area contributed by atoms with Crippen molar-refractivity contribution in [3.05, 3.63) is 28.1 Å². The molecule has 3 heterocycles. The van der Waals surface area contributed by atoms with Crippen molar-refractivity contribution in [2.75, 3.05) is 25.1 Å². The Morgan fingerprint density at radius 2 is 2.21 bits per heavy atom. The van der Waals surface area contributed by atoms with Gasteiger partial charge in [-0.1, -0.05) is 18.5 Å². The molecule has 1 aliphatic rings. The average molecular weight is 412 g/mol. The fourth-order valence-corrected chi connectivity index (χ4v) is 3.44. The Hall–Kier alpha value is -2.59. The van der Waals surface area contributed by atoms with Crippen LogP contribution in [0.25, 0.3) is 0 Å². The van der Waals surface area contributed by atoms with Crippen LogP contribution < -0.4 is 10.2 Å². The number of H-pyrrole nitrogens is 1. The van der Waals surface area contributed by atoms with E-state index in [1.165, 1.54) is 0 Å². The predicted octanol–water partition coefficient (Wildman–Crippen LogP) is 1.64. The number of aromatic amines is 1. The lowest BCUT2D eigenvalue weighted by molar-refractivity contribution is 0.0529. The SMILES string of the molecule is CCc1[nH]c(C(=O)N[C@H]2CCN(c3nc(C(=O)O)c(C)o3)C[C@H]2OC)nc1Cl. The normalized spacial score (nSPS) is 19.6. The van der Waals surface area contributed by atoms with E-state index in [0.29, 0.717) is 36.8 Å². The highest BCUT2D eigenvalue weighted by atomic mass is 35.5. The number of methoxy groups -OCH3 is 1. The number of oxazole rings is 1. The van der Waals surface area contributed by atoms with E-state index in [1.807, 2.05) is 6.92 Å². The topological polar surface area (TPSA) is 134 Å². The van der Waals surface area contributed by atoms with Gasteiger partial charge in [0, 0.05) is 13.7 Å². The lowest BCUT2D eigenvalue weighted by Crippen LogP contribution is -2.55. The molecule has 2 atom stereocenters. The van der Waals surface area contributed by atoms with Crippen LogP contribution in [0.3, 0.4) is 0 Å². The Labute approximate surface area is 166 Å². The van der Waals surface area contributed by atoms with Gasteiger partial charge in [-0.05, 0) is 19.8 Å². The van der Waals surface area contributed by atoms with Gasteiger partial charge in [0.2, 0.25) is 0 Å². The first-order valence-electron chi connectivity index (χ1n) is 8.87. The van der Waals surface area contributed by atoms with E-state index in [-0.39, 0.29) is 41.3 Å². The van der Waals surface area contributed by atoms with Crippen molar-refractivity contribution in [3.8, 4) is 0 Å². The van der Waals surface area contributed by atoms with Crippen molar-refractivity contribution in [2.24, 2.45) is 0 Å². The number of nitrogens with one attached hydrogen (secondary N) is 2. The predicted molar refractivity (Wildman–Crippen MR) is 100 cm³/mol. The molecule has 3 rings (SSSR count). The summed E-state index contributed by atoms with van der Waals surface area (Å²) in [7, 11) is 1.55. The zero-order valence-electron chi connectivity index (χ0n) is 15.8. The van der Waals surface area contributed by atoms with Crippen molar-refractivity contribution in [1.82, 2.24) is 20.3 Å². The van der Waals surface area contributed by atoms with Crippen LogP contribution in [0.2, 0.25) is 5.15 Å². The summed E-state index contributed by atoms with van der Waals surface area (Å²) in [5.41, 5.74) is 0.597. The number of aromatic nitrogens is 3. The van der Waals surface area contributed by atoms with Gasteiger partial charge in [0.15, 0.2) is 16.7 Å². The number of nitrogens with zero attached hydrogens (tertiary/aromatic N) is 3. The first kappa shape index (κ1) is 20.2. The number of hydrogen-bond acceptors (Lipinski definition) is 7. The minimum Gasteiger partial charge on any atom is -0.476 e. The van der Waals surface area contributed by atoms with Crippen LogP contribution in [0.1, 0.15) is 45.9 Å². The molecular weight excluding hydrogens is 390 g/mol. The van der Waals surface area contributed by atoms with Crippen molar-refractivity contribution in [3.63, 3.8) is 0 Å². The summed E-state index contributed by atoms with van der Waals surface area (Å²) in [4.78, 5) is 36.5. The van der Waals surface area contributed by atoms with Crippen LogP contribution in [0.15, 0.2) is 4.42 Å². The number of carbonyl (C=O) groups is 2. The van der Waals surface area contributed by atoms with Gasteiger partial charge in [-0.3, -0.25) is 4.79 Å². The molecule has 0 aliphatic carbocycles. The number of ether oxygens (including phenoxy) is 1.